The molecule has 0 saturated heterocycles. The lowest BCUT2D eigenvalue weighted by atomic mass is 10.0. The van der Waals surface area contributed by atoms with Gasteiger partial charge in [0.05, 0.1) is 0 Å². The van der Waals surface area contributed by atoms with Gasteiger partial charge in [0.25, 0.3) is 0 Å². The quantitative estimate of drug-likeness (QED) is 0.612. The molecule has 0 bridgehead atoms. The average Bonchev–Trinajstić information content (AvgIpc) is 2.22. The highest BCUT2D eigenvalue weighted by Crippen LogP contribution is 2.22. The standard InChI is InChI=1S/C12H17FIN.ClH/c1-2-3-4-5-12(15)10-8-9(14)6-7-11(10)13;/h6-8,12H,2-5,15H2,1H3;1H/t12-;/m1./s1. The molecule has 0 saturated carbocycles. The fraction of sp³-hybridized carbons (Fsp3) is 0.500. The minimum atomic E-state index is -0.181. The Bertz CT molecular complexity index is 320. The first kappa shape index (κ1) is 16.1. The molecule has 0 aliphatic heterocycles. The van der Waals surface area contributed by atoms with E-state index in [0.717, 1.165) is 16.4 Å². The highest BCUT2D eigenvalue weighted by Gasteiger charge is 2.11. The van der Waals surface area contributed by atoms with E-state index in [1.165, 1.54) is 18.9 Å². The molecule has 0 radical (unpaired) electrons. The van der Waals surface area contributed by atoms with Crippen molar-refractivity contribution in [1.29, 1.82) is 0 Å². The lowest BCUT2D eigenvalue weighted by Crippen LogP contribution is -2.12. The van der Waals surface area contributed by atoms with Crippen LogP contribution in [0.3, 0.4) is 0 Å². The van der Waals surface area contributed by atoms with Gasteiger partial charge in [-0.2, -0.15) is 0 Å². The topological polar surface area (TPSA) is 26.0 Å². The summed E-state index contributed by atoms with van der Waals surface area (Å²) in [5.74, 6) is -0.181. The van der Waals surface area contributed by atoms with E-state index in [1.807, 2.05) is 6.07 Å². The molecule has 1 aromatic rings. The highest BCUT2D eigenvalue weighted by molar-refractivity contribution is 14.1. The Kier molecular flexibility index (Phi) is 8.32. The van der Waals surface area contributed by atoms with E-state index < -0.39 is 0 Å². The maximum absolute atomic E-state index is 13.4. The Hall–Kier alpha value is 0.130. The largest absolute Gasteiger partial charge is 0.324 e. The molecule has 0 aromatic heterocycles. The molecule has 4 heteroatoms. The van der Waals surface area contributed by atoms with Crippen LogP contribution in [0.1, 0.15) is 44.2 Å². The molecule has 0 fully saturated rings. The number of hydrogen-bond acceptors (Lipinski definition) is 1. The summed E-state index contributed by atoms with van der Waals surface area (Å²) in [7, 11) is 0. The van der Waals surface area contributed by atoms with E-state index in [1.54, 1.807) is 6.07 Å². The van der Waals surface area contributed by atoms with Crippen molar-refractivity contribution in [3.8, 4) is 0 Å². The predicted octanol–water partition coefficient (Wildman–Crippen LogP) is 4.43. The molecule has 92 valence electrons. The zero-order valence-electron chi connectivity index (χ0n) is 9.38. The van der Waals surface area contributed by atoms with Crippen molar-refractivity contribution in [3.05, 3.63) is 33.1 Å². The van der Waals surface area contributed by atoms with Crippen LogP contribution in [0.15, 0.2) is 18.2 Å². The lowest BCUT2D eigenvalue weighted by Gasteiger charge is -2.12. The summed E-state index contributed by atoms with van der Waals surface area (Å²) in [5, 5.41) is 0. The summed E-state index contributed by atoms with van der Waals surface area (Å²) in [5.41, 5.74) is 6.61. The first-order valence-electron chi connectivity index (χ1n) is 5.35. The Balaban J connectivity index is 0.00000225. The molecule has 0 spiro atoms. The van der Waals surface area contributed by atoms with Crippen molar-refractivity contribution in [2.24, 2.45) is 5.73 Å². The second-order valence-corrected chi connectivity index (χ2v) is 5.01. The van der Waals surface area contributed by atoms with Crippen LogP contribution in [0.2, 0.25) is 0 Å². The number of nitrogens with two attached hydrogens (primary N) is 1. The van der Waals surface area contributed by atoms with Crippen LogP contribution in [0, 0.1) is 9.39 Å². The van der Waals surface area contributed by atoms with Crippen LogP contribution in [-0.2, 0) is 0 Å². The summed E-state index contributed by atoms with van der Waals surface area (Å²) in [4.78, 5) is 0. The average molecular weight is 358 g/mol. The molecular weight excluding hydrogens is 339 g/mol. The number of hydrogen-bond donors (Lipinski definition) is 1. The molecule has 0 aliphatic rings. The van der Waals surface area contributed by atoms with Crippen molar-refractivity contribution in [3.63, 3.8) is 0 Å². The minimum Gasteiger partial charge on any atom is -0.324 e. The van der Waals surface area contributed by atoms with Gasteiger partial charge in [0.1, 0.15) is 5.82 Å². The van der Waals surface area contributed by atoms with Gasteiger partial charge in [-0.3, -0.25) is 0 Å². The van der Waals surface area contributed by atoms with Crippen molar-refractivity contribution in [2.75, 3.05) is 0 Å². The van der Waals surface area contributed by atoms with Crippen LogP contribution in [0.5, 0.6) is 0 Å². The second-order valence-electron chi connectivity index (χ2n) is 3.77. The minimum absolute atomic E-state index is 0. The van der Waals surface area contributed by atoms with Gasteiger partial charge in [-0.25, -0.2) is 4.39 Å². The third kappa shape index (κ3) is 4.97. The molecule has 0 amide bonds. The van der Waals surface area contributed by atoms with E-state index in [0.29, 0.717) is 5.56 Å². The summed E-state index contributed by atoms with van der Waals surface area (Å²) in [6, 6.07) is 4.94. The van der Waals surface area contributed by atoms with Crippen LogP contribution in [0.4, 0.5) is 4.39 Å². The molecule has 0 unspecified atom stereocenters. The third-order valence-corrected chi connectivity index (χ3v) is 3.15. The Morgan fingerprint density at radius 2 is 2.06 bits per heavy atom. The van der Waals surface area contributed by atoms with Crippen LogP contribution in [-0.4, -0.2) is 0 Å². The van der Waals surface area contributed by atoms with E-state index in [2.05, 4.69) is 29.5 Å². The van der Waals surface area contributed by atoms with Gasteiger partial charge in [0, 0.05) is 15.2 Å². The first-order valence-corrected chi connectivity index (χ1v) is 6.43. The van der Waals surface area contributed by atoms with Gasteiger partial charge in [-0.05, 0) is 47.2 Å². The number of benzene rings is 1. The van der Waals surface area contributed by atoms with Gasteiger partial charge in [0.2, 0.25) is 0 Å². The molecular formula is C12H18ClFIN. The first-order chi connectivity index (χ1) is 7.15. The molecule has 1 aromatic carbocycles. The summed E-state index contributed by atoms with van der Waals surface area (Å²) < 4.78 is 14.5. The van der Waals surface area contributed by atoms with Gasteiger partial charge < -0.3 is 5.73 Å². The van der Waals surface area contributed by atoms with E-state index >= 15 is 0 Å². The molecule has 16 heavy (non-hydrogen) atoms. The van der Waals surface area contributed by atoms with Crippen molar-refractivity contribution < 1.29 is 4.39 Å². The van der Waals surface area contributed by atoms with E-state index in [-0.39, 0.29) is 24.3 Å². The third-order valence-electron chi connectivity index (χ3n) is 2.48. The molecule has 1 atom stereocenters. The van der Waals surface area contributed by atoms with Gasteiger partial charge >= 0.3 is 0 Å². The monoisotopic (exact) mass is 357 g/mol. The normalized spacial score (nSPS) is 12.0. The molecule has 0 aliphatic carbocycles. The van der Waals surface area contributed by atoms with Gasteiger partial charge in [0.15, 0.2) is 0 Å². The molecule has 2 N–H and O–H groups in total. The van der Waals surface area contributed by atoms with Gasteiger partial charge in [-0.15, -0.1) is 12.4 Å². The predicted molar refractivity (Wildman–Crippen MR) is 77.4 cm³/mol. The SMILES string of the molecule is CCCCC[C@@H](N)c1cc(I)ccc1F.Cl. The van der Waals surface area contributed by atoms with Crippen molar-refractivity contribution in [1.82, 2.24) is 0 Å². The zero-order valence-corrected chi connectivity index (χ0v) is 12.4. The summed E-state index contributed by atoms with van der Waals surface area (Å²) in [6.07, 6.45) is 4.27. The van der Waals surface area contributed by atoms with E-state index in [9.17, 15) is 4.39 Å². The van der Waals surface area contributed by atoms with E-state index in [4.69, 9.17) is 5.73 Å². The van der Waals surface area contributed by atoms with Gasteiger partial charge in [-0.1, -0.05) is 26.2 Å². The maximum atomic E-state index is 13.4. The fourth-order valence-electron chi connectivity index (χ4n) is 1.57. The fourth-order valence-corrected chi connectivity index (χ4v) is 2.08. The molecule has 0 heterocycles. The molecule has 1 nitrogen and oxygen atoms in total. The molecule has 1 rings (SSSR count). The Labute approximate surface area is 117 Å². The van der Waals surface area contributed by atoms with Crippen molar-refractivity contribution >= 4 is 35.0 Å². The smallest absolute Gasteiger partial charge is 0.128 e. The van der Waals surface area contributed by atoms with Crippen LogP contribution < -0.4 is 5.73 Å². The maximum Gasteiger partial charge on any atom is 0.128 e. The second kappa shape index (κ2) is 8.25. The lowest BCUT2D eigenvalue weighted by molar-refractivity contribution is 0.538. The number of unbranched alkanes of at least 4 members (excludes halogenated alkanes) is 2. The Morgan fingerprint density at radius 1 is 1.38 bits per heavy atom. The zero-order chi connectivity index (χ0) is 11.3. The number of halogens is 3. The number of rotatable bonds is 5. The Morgan fingerprint density at radius 3 is 2.69 bits per heavy atom. The summed E-state index contributed by atoms with van der Waals surface area (Å²) in [6.45, 7) is 2.15. The van der Waals surface area contributed by atoms with Crippen molar-refractivity contribution in [2.45, 2.75) is 38.6 Å². The van der Waals surface area contributed by atoms with Crippen LogP contribution in [0.25, 0.3) is 0 Å². The van der Waals surface area contributed by atoms with Crippen LogP contribution >= 0.6 is 35.0 Å². The summed E-state index contributed by atoms with van der Waals surface area (Å²) >= 11 is 2.18. The highest BCUT2D eigenvalue weighted by atomic mass is 127.